The molecule has 0 spiro atoms. The molecule has 1 unspecified atom stereocenters. The quantitative estimate of drug-likeness (QED) is 0.873. The number of aryl methyl sites for hydroxylation is 3. The Balaban J connectivity index is 1.94. The lowest BCUT2D eigenvalue weighted by Crippen LogP contribution is -2.12. The van der Waals surface area contributed by atoms with Gasteiger partial charge in [-0.1, -0.05) is 47.5 Å². The predicted octanol–water partition coefficient (Wildman–Crippen LogP) is 3.85. The first-order chi connectivity index (χ1) is 10.1. The fourth-order valence-corrected chi connectivity index (χ4v) is 2.51. The second-order valence-electron chi connectivity index (χ2n) is 5.70. The van der Waals surface area contributed by atoms with Gasteiger partial charge in [-0.05, 0) is 43.9 Å². The molecule has 0 amide bonds. The topological polar surface area (TPSA) is 29.5 Å². The largest absolute Gasteiger partial charge is 0.496 e. The highest BCUT2D eigenvalue weighted by Gasteiger charge is 2.10. The van der Waals surface area contributed by atoms with Gasteiger partial charge in [0.1, 0.15) is 5.75 Å². The summed E-state index contributed by atoms with van der Waals surface area (Å²) in [6.45, 7) is 4.14. The highest BCUT2D eigenvalue weighted by molar-refractivity contribution is 5.37. The Kier molecular flexibility index (Phi) is 5.40. The van der Waals surface area contributed by atoms with E-state index < -0.39 is 0 Å². The summed E-state index contributed by atoms with van der Waals surface area (Å²) in [6, 6.07) is 14.6. The number of hydrogen-bond acceptors (Lipinski definition) is 2. The molecule has 2 nitrogen and oxygen atoms in total. The summed E-state index contributed by atoms with van der Waals surface area (Å²) in [6.07, 6.45) is 1.95. The van der Waals surface area contributed by atoms with Crippen LogP contribution in [-0.4, -0.2) is 18.3 Å². The Morgan fingerprint density at radius 1 is 1.00 bits per heavy atom. The molecule has 0 saturated heterocycles. The number of aliphatic hydroxyl groups is 1. The van der Waals surface area contributed by atoms with E-state index in [1.807, 2.05) is 12.1 Å². The average Bonchev–Trinajstić information content (AvgIpc) is 2.47. The molecule has 2 rings (SSSR count). The average molecular weight is 284 g/mol. The van der Waals surface area contributed by atoms with Crippen LogP contribution in [0, 0.1) is 13.8 Å². The summed E-state index contributed by atoms with van der Waals surface area (Å²) in [5.41, 5.74) is 4.81. The van der Waals surface area contributed by atoms with Gasteiger partial charge in [0, 0.05) is 6.42 Å². The minimum absolute atomic E-state index is 0.345. The highest BCUT2D eigenvalue weighted by atomic mass is 16.5. The number of benzene rings is 2. The fourth-order valence-electron chi connectivity index (χ4n) is 2.51. The first-order valence-corrected chi connectivity index (χ1v) is 7.45. The molecule has 0 bridgehead atoms. The van der Waals surface area contributed by atoms with Gasteiger partial charge in [-0.3, -0.25) is 0 Å². The van der Waals surface area contributed by atoms with Crippen LogP contribution < -0.4 is 4.74 Å². The number of methoxy groups -OCH3 is 1. The molecule has 2 aromatic rings. The maximum absolute atomic E-state index is 10.3. The van der Waals surface area contributed by atoms with E-state index in [0.717, 1.165) is 24.2 Å². The normalized spacial score (nSPS) is 12.2. The first-order valence-electron chi connectivity index (χ1n) is 7.45. The molecule has 0 aromatic heterocycles. The maximum Gasteiger partial charge on any atom is 0.122 e. The van der Waals surface area contributed by atoms with Gasteiger partial charge in [0.15, 0.2) is 0 Å². The Labute approximate surface area is 127 Å². The van der Waals surface area contributed by atoms with Crippen LogP contribution >= 0.6 is 0 Å². The molecule has 1 atom stereocenters. The van der Waals surface area contributed by atoms with Crippen molar-refractivity contribution in [2.75, 3.05) is 7.11 Å². The lowest BCUT2D eigenvalue weighted by Gasteiger charge is -2.14. The Morgan fingerprint density at radius 3 is 2.33 bits per heavy atom. The molecular formula is C19H24O2. The molecule has 0 heterocycles. The molecular weight excluding hydrogens is 260 g/mol. The van der Waals surface area contributed by atoms with E-state index in [2.05, 4.69) is 44.2 Å². The van der Waals surface area contributed by atoms with Gasteiger partial charge in [-0.2, -0.15) is 0 Å². The fraction of sp³-hybridized carbons (Fsp3) is 0.368. The van der Waals surface area contributed by atoms with Crippen LogP contribution in [0.3, 0.4) is 0 Å². The number of rotatable bonds is 6. The Hall–Kier alpha value is -1.80. The van der Waals surface area contributed by atoms with Crippen molar-refractivity contribution >= 4 is 0 Å². The van der Waals surface area contributed by atoms with Gasteiger partial charge >= 0.3 is 0 Å². The summed E-state index contributed by atoms with van der Waals surface area (Å²) in [5, 5.41) is 10.3. The van der Waals surface area contributed by atoms with E-state index in [1.165, 1.54) is 16.7 Å². The minimum atomic E-state index is -0.345. The zero-order valence-electron chi connectivity index (χ0n) is 13.1. The van der Waals surface area contributed by atoms with Crippen molar-refractivity contribution in [3.05, 3.63) is 64.7 Å². The summed E-state index contributed by atoms with van der Waals surface area (Å²) in [4.78, 5) is 0. The number of hydrogen-bond donors (Lipinski definition) is 1. The molecule has 112 valence electrons. The van der Waals surface area contributed by atoms with Crippen molar-refractivity contribution in [2.24, 2.45) is 0 Å². The van der Waals surface area contributed by atoms with Gasteiger partial charge in [-0.15, -0.1) is 0 Å². The van der Waals surface area contributed by atoms with Crippen molar-refractivity contribution in [3.8, 4) is 5.75 Å². The van der Waals surface area contributed by atoms with E-state index >= 15 is 0 Å². The summed E-state index contributed by atoms with van der Waals surface area (Å²) in [5.74, 6) is 0.856. The SMILES string of the molecule is COc1ccc(C)cc1CC(O)CCc1ccc(C)cc1. The lowest BCUT2D eigenvalue weighted by atomic mass is 9.99. The standard InChI is InChI=1S/C19H24O2/c1-14-4-7-16(8-5-14)9-10-18(20)13-17-12-15(2)6-11-19(17)21-3/h4-8,11-12,18,20H,9-10,13H2,1-3H3. The molecule has 21 heavy (non-hydrogen) atoms. The Morgan fingerprint density at radius 2 is 1.67 bits per heavy atom. The smallest absolute Gasteiger partial charge is 0.122 e. The van der Waals surface area contributed by atoms with Crippen molar-refractivity contribution < 1.29 is 9.84 Å². The van der Waals surface area contributed by atoms with Crippen molar-refractivity contribution in [3.63, 3.8) is 0 Å². The third-order valence-corrected chi connectivity index (χ3v) is 3.78. The Bertz CT molecular complexity index is 573. The molecule has 1 N–H and O–H groups in total. The van der Waals surface area contributed by atoms with Crippen LogP contribution in [0.2, 0.25) is 0 Å². The van der Waals surface area contributed by atoms with Gasteiger partial charge in [0.05, 0.1) is 13.2 Å². The van der Waals surface area contributed by atoms with Crippen LogP contribution in [0.15, 0.2) is 42.5 Å². The van der Waals surface area contributed by atoms with Gasteiger partial charge < -0.3 is 9.84 Å². The maximum atomic E-state index is 10.3. The molecule has 0 aliphatic rings. The first kappa shape index (κ1) is 15.6. The van der Waals surface area contributed by atoms with Crippen LogP contribution in [0.5, 0.6) is 5.75 Å². The predicted molar refractivity (Wildman–Crippen MR) is 86.9 cm³/mol. The van der Waals surface area contributed by atoms with Crippen molar-refractivity contribution in [1.82, 2.24) is 0 Å². The summed E-state index contributed by atoms with van der Waals surface area (Å²) in [7, 11) is 1.67. The van der Waals surface area contributed by atoms with Crippen molar-refractivity contribution in [1.29, 1.82) is 0 Å². The zero-order valence-corrected chi connectivity index (χ0v) is 13.1. The molecule has 0 aliphatic carbocycles. The summed E-state index contributed by atoms with van der Waals surface area (Å²) >= 11 is 0. The van der Waals surface area contributed by atoms with Crippen molar-refractivity contribution in [2.45, 2.75) is 39.2 Å². The van der Waals surface area contributed by atoms with Gasteiger partial charge in [0.25, 0.3) is 0 Å². The van der Waals surface area contributed by atoms with E-state index in [-0.39, 0.29) is 6.10 Å². The molecule has 2 heteroatoms. The van der Waals surface area contributed by atoms with E-state index in [4.69, 9.17) is 4.74 Å². The van der Waals surface area contributed by atoms with E-state index in [0.29, 0.717) is 6.42 Å². The van der Waals surface area contributed by atoms with E-state index in [1.54, 1.807) is 7.11 Å². The molecule has 0 radical (unpaired) electrons. The zero-order chi connectivity index (χ0) is 15.2. The van der Waals surface area contributed by atoms with Crippen LogP contribution in [-0.2, 0) is 12.8 Å². The second kappa shape index (κ2) is 7.28. The van der Waals surface area contributed by atoms with E-state index in [9.17, 15) is 5.11 Å². The molecule has 0 aliphatic heterocycles. The van der Waals surface area contributed by atoms with Gasteiger partial charge in [-0.25, -0.2) is 0 Å². The van der Waals surface area contributed by atoms with Crippen LogP contribution in [0.1, 0.15) is 28.7 Å². The third-order valence-electron chi connectivity index (χ3n) is 3.78. The second-order valence-corrected chi connectivity index (χ2v) is 5.70. The van der Waals surface area contributed by atoms with Crippen LogP contribution in [0.25, 0.3) is 0 Å². The van der Waals surface area contributed by atoms with Gasteiger partial charge in [0.2, 0.25) is 0 Å². The lowest BCUT2D eigenvalue weighted by molar-refractivity contribution is 0.164. The molecule has 0 saturated carbocycles. The molecule has 2 aromatic carbocycles. The highest BCUT2D eigenvalue weighted by Crippen LogP contribution is 2.22. The van der Waals surface area contributed by atoms with Crippen LogP contribution in [0.4, 0.5) is 0 Å². The number of aliphatic hydroxyl groups excluding tert-OH is 1. The minimum Gasteiger partial charge on any atom is -0.496 e. The summed E-state index contributed by atoms with van der Waals surface area (Å²) < 4.78 is 5.37. The number of ether oxygens (including phenoxy) is 1. The molecule has 0 fully saturated rings. The third kappa shape index (κ3) is 4.61. The monoisotopic (exact) mass is 284 g/mol.